The van der Waals surface area contributed by atoms with Crippen molar-refractivity contribution >= 4 is 25.7 Å². The van der Waals surface area contributed by atoms with E-state index in [2.05, 4.69) is 41.5 Å². The first-order valence-corrected chi connectivity index (χ1v) is 12.3. The third-order valence-electron chi connectivity index (χ3n) is 3.23. The molecule has 0 rings (SSSR count). The molecule has 0 saturated heterocycles. The first-order chi connectivity index (χ1) is 12.2. The van der Waals surface area contributed by atoms with E-state index >= 15 is 0 Å². The number of ketones is 2. The summed E-state index contributed by atoms with van der Waals surface area (Å²) >= 11 is -0.407. The molecule has 0 atom stereocenters. The summed E-state index contributed by atoms with van der Waals surface area (Å²) in [5, 5.41) is 24.6. The molecule has 0 N–H and O–H groups in total. The van der Waals surface area contributed by atoms with Crippen LogP contribution in [0.5, 0.6) is 0 Å². The molecule has 0 spiro atoms. The number of carbonyl (C=O) groups is 2. The zero-order chi connectivity index (χ0) is 22.2. The van der Waals surface area contributed by atoms with Crippen LogP contribution in [0.25, 0.3) is 0 Å². The van der Waals surface area contributed by atoms with Crippen LogP contribution in [0.1, 0.15) is 69.2 Å². The van der Waals surface area contributed by atoms with Gasteiger partial charge in [-0.05, 0) is 26.0 Å². The fourth-order valence-electron chi connectivity index (χ4n) is 2.86. The van der Waals surface area contributed by atoms with E-state index in [4.69, 9.17) is 0 Å². The van der Waals surface area contributed by atoms with Crippen molar-refractivity contribution in [3.05, 3.63) is 23.7 Å². The van der Waals surface area contributed by atoms with E-state index in [9.17, 15) is 19.8 Å². The van der Waals surface area contributed by atoms with Crippen LogP contribution in [0, 0.1) is 17.8 Å². The number of allylic oxidation sites excluding steroid dienone is 4. The zero-order valence-corrected chi connectivity index (χ0v) is 21.7. The van der Waals surface area contributed by atoms with Gasteiger partial charge in [-0.25, -0.2) is 0 Å². The largest absolute Gasteiger partial charge is 2.00 e. The molecule has 0 heterocycles. The van der Waals surface area contributed by atoms with Crippen LogP contribution in [0.3, 0.4) is 0 Å². The molecule has 0 aromatic carbocycles. The molecule has 0 aliphatic carbocycles. The second-order valence-electron chi connectivity index (χ2n) is 8.49. The molecule has 0 aromatic rings. The van der Waals surface area contributed by atoms with E-state index in [1.807, 2.05) is 0 Å². The predicted octanol–water partition coefficient (Wildman–Crippen LogP) is 4.13. The molecule has 0 amide bonds. The third-order valence-corrected chi connectivity index (χ3v) is 8.06. The number of hydrogen-bond donors (Lipinski definition) is 0. The quantitative estimate of drug-likeness (QED) is 0.313. The van der Waals surface area contributed by atoms with E-state index in [0.717, 1.165) is 29.9 Å². The molecule has 0 aromatic heterocycles. The molecule has 0 aliphatic rings. The van der Waals surface area contributed by atoms with Gasteiger partial charge in [0.15, 0.2) is 11.6 Å². The Labute approximate surface area is 188 Å². The molecule has 166 valence electrons. The van der Waals surface area contributed by atoms with Crippen molar-refractivity contribution in [1.82, 2.24) is 0 Å². The maximum Gasteiger partial charge on any atom is 2.00 e. The number of rotatable bonds is 8. The summed E-state index contributed by atoms with van der Waals surface area (Å²) in [6.45, 7) is 19.6. The monoisotopic (exact) mass is 454 g/mol. The minimum atomic E-state index is -0.407. The Morgan fingerprint density at radius 3 is 0.964 bits per heavy atom. The van der Waals surface area contributed by atoms with Crippen LogP contribution in [0.15, 0.2) is 23.7 Å². The maximum atomic E-state index is 9.98. The van der Waals surface area contributed by atoms with Crippen molar-refractivity contribution in [2.45, 2.75) is 85.1 Å². The smallest absolute Gasteiger partial charge is 0.876 e. The Bertz CT molecular complexity index is 409. The van der Waals surface area contributed by atoms with Gasteiger partial charge in [0, 0.05) is 0 Å². The van der Waals surface area contributed by atoms with E-state index in [1.54, 1.807) is 15.8 Å². The Morgan fingerprint density at radius 1 is 0.679 bits per heavy atom. The molecule has 0 unspecified atom stereocenters. The average molecular weight is 455 g/mol. The summed E-state index contributed by atoms with van der Waals surface area (Å²) in [6, 6.07) is 0. The molecule has 0 fully saturated rings. The fourth-order valence-corrected chi connectivity index (χ4v) is 7.44. The van der Waals surface area contributed by atoms with Crippen LogP contribution < -0.4 is 10.2 Å². The third kappa shape index (κ3) is 40.2. The molecular formula is C22H41AlNiO4. The predicted molar refractivity (Wildman–Crippen MR) is 114 cm³/mol. The summed E-state index contributed by atoms with van der Waals surface area (Å²) in [6.07, 6.45) is 2.11. The van der Waals surface area contributed by atoms with E-state index in [-0.39, 0.29) is 39.6 Å². The van der Waals surface area contributed by atoms with E-state index in [1.165, 1.54) is 27.7 Å². The summed E-state index contributed by atoms with van der Waals surface area (Å²) in [5.74, 6) is 2.03. The van der Waals surface area contributed by atoms with Gasteiger partial charge in [-0.3, -0.25) is 9.59 Å². The van der Waals surface area contributed by atoms with Gasteiger partial charge in [0.25, 0.3) is 14.1 Å². The minimum absolute atomic E-state index is 0. The average Bonchev–Trinajstić information content (AvgIpc) is 2.33. The van der Waals surface area contributed by atoms with Gasteiger partial charge < -0.3 is 10.2 Å². The van der Waals surface area contributed by atoms with Gasteiger partial charge >= 0.3 is 16.5 Å². The Kier molecular flexibility index (Phi) is 26.4. The number of carbonyl (C=O) groups excluding carboxylic acids is 2. The second-order valence-corrected chi connectivity index (χ2v) is 11.6. The van der Waals surface area contributed by atoms with Gasteiger partial charge in [0.2, 0.25) is 0 Å². The summed E-state index contributed by atoms with van der Waals surface area (Å²) in [4.78, 5) is 20.0. The summed E-state index contributed by atoms with van der Waals surface area (Å²) in [5.41, 5.74) is 0. The Morgan fingerprint density at radius 2 is 0.893 bits per heavy atom. The maximum absolute atomic E-state index is 9.98. The van der Waals surface area contributed by atoms with Crippen molar-refractivity contribution in [3.63, 3.8) is 0 Å². The van der Waals surface area contributed by atoms with Gasteiger partial charge in [-0.15, -0.1) is 11.5 Å². The normalized spacial score (nSPS) is 11.2. The van der Waals surface area contributed by atoms with Crippen molar-refractivity contribution in [1.29, 1.82) is 0 Å². The topological polar surface area (TPSA) is 80.3 Å². The number of hydrogen-bond acceptors (Lipinski definition) is 4. The van der Waals surface area contributed by atoms with Crippen LogP contribution in [0.2, 0.25) is 15.8 Å². The molecule has 6 heteroatoms. The van der Waals surface area contributed by atoms with Crippen molar-refractivity contribution in [2.24, 2.45) is 17.8 Å². The van der Waals surface area contributed by atoms with Crippen LogP contribution in [0.4, 0.5) is 0 Å². The van der Waals surface area contributed by atoms with Crippen molar-refractivity contribution in [3.8, 4) is 0 Å². The first-order valence-electron chi connectivity index (χ1n) is 9.88. The van der Waals surface area contributed by atoms with Crippen LogP contribution in [-0.4, -0.2) is 25.7 Å². The van der Waals surface area contributed by atoms with E-state index in [0.29, 0.717) is 0 Å². The van der Waals surface area contributed by atoms with Gasteiger partial charge in [-0.2, -0.15) is 0 Å². The van der Waals surface area contributed by atoms with Gasteiger partial charge in [-0.1, -0.05) is 89.0 Å². The Balaban J connectivity index is -0.000000165. The second kappa shape index (κ2) is 21.2. The standard InChI is InChI=1S/2C5H8O2.3C4H9.Al.Ni/c2*1-4(6)3-5(2)7;3*1-4(2)3;;/h2*3,6H,1-2H3;3*4H,1H2,2-3H3;;/q;;;;;;+2/p-2/b2*4-3-;;;;;. The molecule has 0 aliphatic heterocycles. The fraction of sp³-hybridized carbons (Fsp3) is 0.727. The van der Waals surface area contributed by atoms with Crippen LogP contribution in [-0.2, 0) is 26.1 Å². The molecular weight excluding hydrogens is 414 g/mol. The molecule has 0 radical (unpaired) electrons. The molecule has 0 saturated carbocycles. The van der Waals surface area contributed by atoms with Crippen molar-refractivity contribution < 1.29 is 36.3 Å². The minimum Gasteiger partial charge on any atom is -0.876 e. The van der Waals surface area contributed by atoms with Gasteiger partial charge in [0.1, 0.15) is 0 Å². The van der Waals surface area contributed by atoms with E-state index < -0.39 is 14.1 Å². The summed E-state index contributed by atoms with van der Waals surface area (Å²) < 4.78 is 0. The van der Waals surface area contributed by atoms with Crippen LogP contribution >= 0.6 is 0 Å². The molecule has 0 bridgehead atoms. The first kappa shape index (κ1) is 34.9. The SMILES string of the molecule is CC(=O)/C=C(/C)[O-].CC(=O)/C=C(/C)[O-].CC(C)[CH2][Al]([CH2]C(C)C)[CH2]C(C)C.[Ni+2]. The molecule has 4 nitrogen and oxygen atoms in total. The Hall–Kier alpha value is -0.554. The summed E-state index contributed by atoms with van der Waals surface area (Å²) in [7, 11) is 0. The molecule has 28 heavy (non-hydrogen) atoms. The zero-order valence-electron chi connectivity index (χ0n) is 19.5. The van der Waals surface area contributed by atoms with Gasteiger partial charge in [0.05, 0.1) is 0 Å². The van der Waals surface area contributed by atoms with Crippen molar-refractivity contribution in [2.75, 3.05) is 0 Å².